The van der Waals surface area contributed by atoms with Crippen molar-refractivity contribution in [1.82, 2.24) is 9.97 Å². The second kappa shape index (κ2) is 9.27. The van der Waals surface area contributed by atoms with E-state index in [0.717, 1.165) is 27.3 Å². The molecule has 0 saturated carbocycles. The van der Waals surface area contributed by atoms with Crippen molar-refractivity contribution < 1.29 is 9.18 Å². The van der Waals surface area contributed by atoms with Gasteiger partial charge in [0.2, 0.25) is 5.91 Å². The lowest BCUT2D eigenvalue weighted by Crippen LogP contribution is -2.28. The van der Waals surface area contributed by atoms with Gasteiger partial charge in [0.15, 0.2) is 0 Å². The number of carbonyl (C=O) groups excluding carboxylic acids is 1. The molecule has 4 nitrogen and oxygen atoms in total. The first-order valence-electron chi connectivity index (χ1n) is 9.96. The molecule has 0 aliphatic rings. The number of halogens is 1. The molecule has 6 heteroatoms. The summed E-state index contributed by atoms with van der Waals surface area (Å²) in [6, 6.07) is 22.0. The van der Waals surface area contributed by atoms with Crippen LogP contribution < -0.4 is 4.90 Å². The molecule has 0 N–H and O–H groups in total. The topological polar surface area (TPSA) is 46.1 Å². The van der Waals surface area contributed by atoms with E-state index in [-0.39, 0.29) is 17.5 Å². The number of para-hydroxylation sites is 2. The summed E-state index contributed by atoms with van der Waals surface area (Å²) >= 11 is 1.38. The van der Waals surface area contributed by atoms with Crippen LogP contribution in [0.25, 0.3) is 11.0 Å². The Balaban J connectivity index is 1.57. The second-order valence-electron chi connectivity index (χ2n) is 7.34. The molecule has 0 unspecified atom stereocenters. The van der Waals surface area contributed by atoms with Crippen LogP contribution >= 0.6 is 11.8 Å². The van der Waals surface area contributed by atoms with Gasteiger partial charge in [0.1, 0.15) is 10.8 Å². The van der Waals surface area contributed by atoms with E-state index in [1.54, 1.807) is 19.2 Å². The van der Waals surface area contributed by atoms with Crippen LogP contribution in [-0.2, 0) is 11.2 Å². The van der Waals surface area contributed by atoms with Crippen molar-refractivity contribution in [1.29, 1.82) is 0 Å². The molecular formula is C25H22FN3OS. The molecule has 0 atom stereocenters. The monoisotopic (exact) mass is 431 g/mol. The maximum atomic E-state index is 13.2. The van der Waals surface area contributed by atoms with Crippen molar-refractivity contribution in [3.05, 3.63) is 95.4 Å². The Morgan fingerprint density at radius 2 is 1.58 bits per heavy atom. The molecule has 0 aliphatic heterocycles. The summed E-state index contributed by atoms with van der Waals surface area (Å²) in [6.45, 7) is 2.06. The zero-order chi connectivity index (χ0) is 21.8. The Labute approximate surface area is 185 Å². The predicted molar refractivity (Wildman–Crippen MR) is 124 cm³/mol. The third-order valence-corrected chi connectivity index (χ3v) is 6.01. The van der Waals surface area contributed by atoms with E-state index < -0.39 is 0 Å². The highest BCUT2D eigenvalue weighted by Gasteiger charge is 2.16. The minimum atomic E-state index is -0.328. The third kappa shape index (κ3) is 5.09. The lowest BCUT2D eigenvalue weighted by atomic mass is 10.1. The molecule has 0 fully saturated rings. The summed E-state index contributed by atoms with van der Waals surface area (Å²) in [5.41, 5.74) is 5.49. The predicted octanol–water partition coefficient (Wildman–Crippen LogP) is 5.42. The second-order valence-corrected chi connectivity index (χ2v) is 8.31. The maximum absolute atomic E-state index is 13.2. The Morgan fingerprint density at radius 3 is 2.26 bits per heavy atom. The number of nitrogens with zero attached hydrogens (tertiary/aromatic N) is 3. The number of fused-ring (bicyclic) bond motifs is 1. The molecule has 1 heterocycles. The van der Waals surface area contributed by atoms with Gasteiger partial charge in [-0.15, -0.1) is 0 Å². The van der Waals surface area contributed by atoms with Gasteiger partial charge in [-0.25, -0.2) is 14.4 Å². The number of benzene rings is 3. The minimum Gasteiger partial charge on any atom is -0.315 e. The molecule has 0 spiro atoms. The molecule has 0 aliphatic carbocycles. The van der Waals surface area contributed by atoms with Crippen LogP contribution in [0.4, 0.5) is 10.1 Å². The molecular weight excluding hydrogens is 409 g/mol. The van der Waals surface area contributed by atoms with Gasteiger partial charge in [0, 0.05) is 19.2 Å². The summed E-state index contributed by atoms with van der Waals surface area (Å²) in [7, 11) is 1.69. The largest absolute Gasteiger partial charge is 0.315 e. The number of aromatic nitrogens is 2. The molecule has 4 aromatic rings. The molecule has 4 rings (SSSR count). The van der Waals surface area contributed by atoms with E-state index in [1.165, 1.54) is 34.4 Å². The fourth-order valence-electron chi connectivity index (χ4n) is 3.19. The van der Waals surface area contributed by atoms with Crippen LogP contribution in [0.15, 0.2) is 77.8 Å². The van der Waals surface area contributed by atoms with Gasteiger partial charge in [0.25, 0.3) is 0 Å². The third-order valence-electron chi connectivity index (χ3n) is 5.02. The van der Waals surface area contributed by atoms with E-state index in [2.05, 4.69) is 31.2 Å². The van der Waals surface area contributed by atoms with Gasteiger partial charge in [-0.2, -0.15) is 0 Å². The van der Waals surface area contributed by atoms with Gasteiger partial charge in [-0.3, -0.25) is 4.79 Å². The lowest BCUT2D eigenvalue weighted by molar-refractivity contribution is -0.115. The van der Waals surface area contributed by atoms with Crippen molar-refractivity contribution >= 4 is 34.4 Å². The smallest absolute Gasteiger partial charge is 0.237 e. The highest BCUT2D eigenvalue weighted by Crippen LogP contribution is 2.26. The number of amides is 1. The lowest BCUT2D eigenvalue weighted by Gasteiger charge is -2.17. The summed E-state index contributed by atoms with van der Waals surface area (Å²) in [6.07, 6.45) is 0.641. The number of hydrogen-bond donors (Lipinski definition) is 0. The highest BCUT2D eigenvalue weighted by atomic mass is 32.2. The van der Waals surface area contributed by atoms with Crippen LogP contribution in [-0.4, -0.2) is 28.7 Å². The zero-order valence-corrected chi connectivity index (χ0v) is 18.2. The van der Waals surface area contributed by atoms with E-state index in [0.29, 0.717) is 12.1 Å². The Bertz CT molecular complexity index is 1210. The molecule has 3 aromatic carbocycles. The number of rotatable bonds is 6. The first kappa shape index (κ1) is 21.0. The first-order chi connectivity index (χ1) is 15.0. The number of hydrogen-bond acceptors (Lipinski definition) is 4. The average molecular weight is 432 g/mol. The van der Waals surface area contributed by atoms with E-state index >= 15 is 0 Å². The SMILES string of the molecule is Cc1ccc(Cc2nc3ccccc3nc2SCC(=O)N(C)c2ccc(F)cc2)cc1. The van der Waals surface area contributed by atoms with Crippen molar-refractivity contribution in [2.24, 2.45) is 0 Å². The normalized spacial score (nSPS) is 10.9. The van der Waals surface area contributed by atoms with E-state index in [4.69, 9.17) is 9.97 Å². The van der Waals surface area contributed by atoms with Crippen molar-refractivity contribution in [2.45, 2.75) is 18.4 Å². The summed E-state index contributed by atoms with van der Waals surface area (Å²) in [5.74, 6) is -0.207. The standard InChI is InChI=1S/C25H22FN3OS/c1-17-7-9-18(10-8-17)15-23-25(28-22-6-4-3-5-21(22)27-23)31-16-24(30)29(2)20-13-11-19(26)12-14-20/h3-14H,15-16H2,1-2H3. The van der Waals surface area contributed by atoms with Crippen LogP contribution in [0.5, 0.6) is 0 Å². The Morgan fingerprint density at radius 1 is 0.935 bits per heavy atom. The Hall–Kier alpha value is -3.25. The zero-order valence-electron chi connectivity index (χ0n) is 17.4. The fourth-order valence-corrected chi connectivity index (χ4v) is 4.09. The minimum absolute atomic E-state index is 0.0900. The van der Waals surface area contributed by atoms with Gasteiger partial charge in [0.05, 0.1) is 22.5 Å². The van der Waals surface area contributed by atoms with Gasteiger partial charge in [-0.1, -0.05) is 53.7 Å². The van der Waals surface area contributed by atoms with Crippen LogP contribution in [0.1, 0.15) is 16.8 Å². The average Bonchev–Trinajstić information content (AvgIpc) is 2.79. The molecule has 1 amide bonds. The Kier molecular flexibility index (Phi) is 6.28. The highest BCUT2D eigenvalue weighted by molar-refractivity contribution is 8.00. The fraction of sp³-hybridized carbons (Fsp3) is 0.160. The van der Waals surface area contributed by atoms with Crippen molar-refractivity contribution in [2.75, 3.05) is 17.7 Å². The molecule has 0 saturated heterocycles. The number of anilines is 1. The number of aryl methyl sites for hydroxylation is 1. The van der Waals surface area contributed by atoms with Gasteiger partial charge >= 0.3 is 0 Å². The molecule has 0 bridgehead atoms. The summed E-state index contributed by atoms with van der Waals surface area (Å²) in [5, 5.41) is 0.750. The summed E-state index contributed by atoms with van der Waals surface area (Å²) in [4.78, 5) is 23.9. The number of thioether (sulfide) groups is 1. The van der Waals surface area contributed by atoms with E-state index in [9.17, 15) is 9.18 Å². The molecule has 1 aromatic heterocycles. The van der Waals surface area contributed by atoms with Gasteiger partial charge in [-0.05, 0) is 48.9 Å². The van der Waals surface area contributed by atoms with Crippen LogP contribution in [0, 0.1) is 12.7 Å². The van der Waals surface area contributed by atoms with Crippen LogP contribution in [0.2, 0.25) is 0 Å². The molecule has 0 radical (unpaired) electrons. The summed E-state index contributed by atoms with van der Waals surface area (Å²) < 4.78 is 13.2. The van der Waals surface area contributed by atoms with E-state index in [1.807, 2.05) is 24.3 Å². The number of carbonyl (C=O) groups is 1. The van der Waals surface area contributed by atoms with Crippen molar-refractivity contribution in [3.63, 3.8) is 0 Å². The quantitative estimate of drug-likeness (QED) is 0.382. The van der Waals surface area contributed by atoms with Crippen molar-refractivity contribution in [3.8, 4) is 0 Å². The van der Waals surface area contributed by atoms with Crippen LogP contribution in [0.3, 0.4) is 0 Å². The van der Waals surface area contributed by atoms with Gasteiger partial charge < -0.3 is 4.90 Å². The maximum Gasteiger partial charge on any atom is 0.237 e. The molecule has 156 valence electrons. The first-order valence-corrected chi connectivity index (χ1v) is 10.9. The molecule has 31 heavy (non-hydrogen) atoms.